The number of aromatic nitrogens is 3. The van der Waals surface area contributed by atoms with Crippen molar-refractivity contribution >= 4 is 27.8 Å². The zero-order chi connectivity index (χ0) is 17.8. The Labute approximate surface area is 153 Å². The van der Waals surface area contributed by atoms with Gasteiger partial charge in [0, 0.05) is 10.0 Å². The molecular formula is C18H17BrN4O2. The summed E-state index contributed by atoms with van der Waals surface area (Å²) >= 11 is 3.41. The standard InChI is InChI=1S/C18H17BrN4O2/c1-11-6-7-15(8-12(11)2)25-10-16(24)20-18-21-17(22-23-18)13-4-3-5-14(19)9-13/h3-9H,10H2,1-2H3,(H2,20,21,22,23,24). The molecule has 3 aromatic rings. The Balaban J connectivity index is 1.59. The van der Waals surface area contributed by atoms with E-state index in [-0.39, 0.29) is 18.5 Å². The molecule has 0 saturated carbocycles. The molecule has 1 heterocycles. The van der Waals surface area contributed by atoms with Gasteiger partial charge in [0.2, 0.25) is 5.95 Å². The molecule has 0 saturated heterocycles. The smallest absolute Gasteiger partial charge is 0.264 e. The molecule has 0 aliphatic carbocycles. The molecule has 6 nitrogen and oxygen atoms in total. The van der Waals surface area contributed by atoms with Crippen LogP contribution in [-0.2, 0) is 4.79 Å². The summed E-state index contributed by atoms with van der Waals surface area (Å²) in [7, 11) is 0. The number of halogens is 1. The van der Waals surface area contributed by atoms with Crippen molar-refractivity contribution in [3.63, 3.8) is 0 Å². The summed E-state index contributed by atoms with van der Waals surface area (Å²) in [4.78, 5) is 16.3. The lowest BCUT2D eigenvalue weighted by molar-refractivity contribution is -0.118. The quantitative estimate of drug-likeness (QED) is 0.680. The van der Waals surface area contributed by atoms with Crippen LogP contribution in [-0.4, -0.2) is 27.7 Å². The third-order valence-electron chi connectivity index (χ3n) is 3.68. The van der Waals surface area contributed by atoms with E-state index in [2.05, 4.69) is 36.4 Å². The van der Waals surface area contributed by atoms with Gasteiger partial charge >= 0.3 is 0 Å². The molecule has 0 atom stereocenters. The predicted octanol–water partition coefficient (Wildman–Crippen LogP) is 3.87. The van der Waals surface area contributed by atoms with Crippen molar-refractivity contribution < 1.29 is 9.53 Å². The second kappa shape index (κ2) is 7.48. The highest BCUT2D eigenvalue weighted by molar-refractivity contribution is 9.10. The number of aryl methyl sites for hydroxylation is 2. The molecule has 2 aromatic carbocycles. The molecule has 0 aliphatic rings. The fourth-order valence-electron chi connectivity index (χ4n) is 2.20. The number of ether oxygens (including phenoxy) is 1. The minimum absolute atomic E-state index is 0.108. The highest BCUT2D eigenvalue weighted by atomic mass is 79.9. The van der Waals surface area contributed by atoms with E-state index in [1.807, 2.05) is 56.3 Å². The van der Waals surface area contributed by atoms with E-state index in [1.165, 1.54) is 5.56 Å². The number of amides is 1. The number of hydrogen-bond donors (Lipinski definition) is 2. The third kappa shape index (κ3) is 4.45. The van der Waals surface area contributed by atoms with Crippen LogP contribution in [0.3, 0.4) is 0 Å². The van der Waals surface area contributed by atoms with Crippen LogP contribution in [0.4, 0.5) is 5.95 Å². The molecule has 2 N–H and O–H groups in total. The molecule has 128 valence electrons. The van der Waals surface area contributed by atoms with Gasteiger partial charge in [-0.25, -0.2) is 0 Å². The zero-order valence-corrected chi connectivity index (χ0v) is 15.4. The number of anilines is 1. The lowest BCUT2D eigenvalue weighted by Crippen LogP contribution is -2.20. The number of H-pyrrole nitrogens is 1. The molecule has 0 aliphatic heterocycles. The number of hydrogen-bond acceptors (Lipinski definition) is 4. The molecule has 0 spiro atoms. The predicted molar refractivity (Wildman–Crippen MR) is 99.6 cm³/mol. The number of benzene rings is 2. The van der Waals surface area contributed by atoms with Gasteiger partial charge < -0.3 is 4.74 Å². The summed E-state index contributed by atoms with van der Waals surface area (Å²) < 4.78 is 6.44. The van der Waals surface area contributed by atoms with E-state index >= 15 is 0 Å². The first-order chi connectivity index (χ1) is 12.0. The van der Waals surface area contributed by atoms with E-state index in [4.69, 9.17) is 4.74 Å². The number of carbonyl (C=O) groups excluding carboxylic acids is 1. The second-order valence-corrected chi connectivity index (χ2v) is 6.52. The van der Waals surface area contributed by atoms with Gasteiger partial charge in [-0.3, -0.25) is 15.2 Å². The van der Waals surface area contributed by atoms with Gasteiger partial charge in [-0.2, -0.15) is 4.98 Å². The van der Waals surface area contributed by atoms with Crippen molar-refractivity contribution in [2.24, 2.45) is 0 Å². The van der Waals surface area contributed by atoms with Crippen LogP contribution in [0.15, 0.2) is 46.9 Å². The molecule has 25 heavy (non-hydrogen) atoms. The van der Waals surface area contributed by atoms with Gasteiger partial charge in [0.05, 0.1) is 0 Å². The summed E-state index contributed by atoms with van der Waals surface area (Å²) in [6, 6.07) is 13.3. The van der Waals surface area contributed by atoms with Crippen molar-refractivity contribution in [1.82, 2.24) is 15.2 Å². The third-order valence-corrected chi connectivity index (χ3v) is 4.18. The average Bonchev–Trinajstić information content (AvgIpc) is 3.04. The van der Waals surface area contributed by atoms with E-state index in [0.29, 0.717) is 11.6 Å². The van der Waals surface area contributed by atoms with Crippen molar-refractivity contribution in [2.75, 3.05) is 11.9 Å². The van der Waals surface area contributed by atoms with Gasteiger partial charge in [0.25, 0.3) is 5.91 Å². The Morgan fingerprint density at radius 2 is 2.04 bits per heavy atom. The summed E-state index contributed by atoms with van der Waals surface area (Å²) in [5.41, 5.74) is 3.16. The van der Waals surface area contributed by atoms with Gasteiger partial charge in [0.15, 0.2) is 12.4 Å². The molecule has 3 rings (SSSR count). The van der Waals surface area contributed by atoms with Gasteiger partial charge in [-0.1, -0.05) is 34.1 Å². The van der Waals surface area contributed by atoms with Crippen LogP contribution >= 0.6 is 15.9 Å². The van der Waals surface area contributed by atoms with Crippen LogP contribution in [0.2, 0.25) is 0 Å². The fraction of sp³-hybridized carbons (Fsp3) is 0.167. The van der Waals surface area contributed by atoms with E-state index in [9.17, 15) is 4.79 Å². The monoisotopic (exact) mass is 400 g/mol. The molecule has 0 radical (unpaired) electrons. The SMILES string of the molecule is Cc1ccc(OCC(=O)Nc2n[nH]c(-c3cccc(Br)c3)n2)cc1C. The van der Waals surface area contributed by atoms with E-state index < -0.39 is 0 Å². The summed E-state index contributed by atoms with van der Waals surface area (Å²) in [6.45, 7) is 3.92. The Morgan fingerprint density at radius 1 is 1.20 bits per heavy atom. The summed E-state index contributed by atoms with van der Waals surface area (Å²) in [6.07, 6.45) is 0. The Kier molecular flexibility index (Phi) is 5.14. The maximum atomic E-state index is 12.0. The topological polar surface area (TPSA) is 79.9 Å². The Morgan fingerprint density at radius 3 is 2.80 bits per heavy atom. The van der Waals surface area contributed by atoms with E-state index in [1.54, 1.807) is 0 Å². The van der Waals surface area contributed by atoms with Gasteiger partial charge in [-0.05, 0) is 49.2 Å². The van der Waals surface area contributed by atoms with Crippen molar-refractivity contribution in [1.29, 1.82) is 0 Å². The first kappa shape index (κ1) is 17.2. The summed E-state index contributed by atoms with van der Waals surface area (Å²) in [5.74, 6) is 1.12. The minimum Gasteiger partial charge on any atom is -0.484 e. The van der Waals surface area contributed by atoms with Crippen LogP contribution in [0.25, 0.3) is 11.4 Å². The van der Waals surface area contributed by atoms with Crippen LogP contribution in [0.1, 0.15) is 11.1 Å². The largest absolute Gasteiger partial charge is 0.484 e. The second-order valence-electron chi connectivity index (χ2n) is 5.60. The molecular weight excluding hydrogens is 384 g/mol. The normalized spacial score (nSPS) is 10.5. The van der Waals surface area contributed by atoms with Gasteiger partial charge in [0.1, 0.15) is 5.75 Å². The molecule has 0 fully saturated rings. The molecule has 7 heteroatoms. The zero-order valence-electron chi connectivity index (χ0n) is 13.8. The van der Waals surface area contributed by atoms with Crippen molar-refractivity contribution in [3.8, 4) is 17.1 Å². The van der Waals surface area contributed by atoms with Crippen LogP contribution in [0.5, 0.6) is 5.75 Å². The molecule has 0 unspecified atom stereocenters. The Hall–Kier alpha value is -2.67. The van der Waals surface area contributed by atoms with E-state index in [0.717, 1.165) is 15.6 Å². The summed E-state index contributed by atoms with van der Waals surface area (Å²) in [5, 5.41) is 9.42. The maximum absolute atomic E-state index is 12.0. The van der Waals surface area contributed by atoms with Crippen molar-refractivity contribution in [3.05, 3.63) is 58.1 Å². The van der Waals surface area contributed by atoms with Gasteiger partial charge in [-0.15, -0.1) is 5.10 Å². The highest BCUT2D eigenvalue weighted by Gasteiger charge is 2.10. The lowest BCUT2D eigenvalue weighted by Gasteiger charge is -2.07. The molecule has 1 aromatic heterocycles. The Bertz CT molecular complexity index is 908. The first-order valence-electron chi connectivity index (χ1n) is 7.69. The maximum Gasteiger partial charge on any atom is 0.264 e. The molecule has 0 bridgehead atoms. The molecule has 1 amide bonds. The first-order valence-corrected chi connectivity index (χ1v) is 8.49. The minimum atomic E-state index is -0.321. The average molecular weight is 401 g/mol. The number of carbonyl (C=O) groups is 1. The number of nitrogens with one attached hydrogen (secondary N) is 2. The number of aromatic amines is 1. The van der Waals surface area contributed by atoms with Crippen LogP contribution < -0.4 is 10.1 Å². The van der Waals surface area contributed by atoms with Crippen LogP contribution in [0, 0.1) is 13.8 Å². The lowest BCUT2D eigenvalue weighted by atomic mass is 10.1. The number of nitrogens with zero attached hydrogens (tertiary/aromatic N) is 2. The van der Waals surface area contributed by atoms with Crippen molar-refractivity contribution in [2.45, 2.75) is 13.8 Å². The fourth-order valence-corrected chi connectivity index (χ4v) is 2.60. The number of rotatable bonds is 5. The highest BCUT2D eigenvalue weighted by Crippen LogP contribution is 2.20.